The van der Waals surface area contributed by atoms with Crippen LogP contribution in [-0.4, -0.2) is 24.5 Å². The van der Waals surface area contributed by atoms with E-state index in [0.717, 1.165) is 24.3 Å². The van der Waals surface area contributed by atoms with Crippen molar-refractivity contribution in [3.8, 4) is 0 Å². The number of hydrogen-bond donors (Lipinski definition) is 2. The van der Waals surface area contributed by atoms with E-state index in [9.17, 15) is 4.79 Å². The Kier molecular flexibility index (Phi) is 3.18. The molecule has 4 rings (SSSR count). The smallest absolute Gasteiger partial charge is 0.275 e. The number of nitrogens with one attached hydrogen (secondary N) is 1. The molecule has 3 nitrogen and oxygen atoms in total. The second-order valence-corrected chi connectivity index (χ2v) is 6.76. The van der Waals surface area contributed by atoms with Crippen LogP contribution < -0.4 is 10.6 Å². The molecule has 4 bridgehead atoms. The zero-order valence-electron chi connectivity index (χ0n) is 11.2. The van der Waals surface area contributed by atoms with Crippen LogP contribution in [0.15, 0.2) is 12.7 Å². The van der Waals surface area contributed by atoms with E-state index >= 15 is 0 Å². The summed E-state index contributed by atoms with van der Waals surface area (Å²) in [5.41, 5.74) is 0.174. The van der Waals surface area contributed by atoms with Gasteiger partial charge < -0.3 is 10.6 Å². The first-order valence-corrected chi connectivity index (χ1v) is 7.43. The maximum Gasteiger partial charge on any atom is 0.275 e. The lowest BCUT2D eigenvalue weighted by Crippen LogP contribution is -2.86. The molecule has 0 spiro atoms. The first kappa shape index (κ1) is 12.2. The number of nitrogens with two attached hydrogens (primary N) is 1. The molecule has 0 atom stereocenters. The van der Waals surface area contributed by atoms with Gasteiger partial charge in [-0.05, 0) is 62.4 Å². The van der Waals surface area contributed by atoms with Gasteiger partial charge in [-0.25, -0.2) is 0 Å². The van der Waals surface area contributed by atoms with Crippen LogP contribution in [-0.2, 0) is 4.79 Å². The van der Waals surface area contributed by atoms with Gasteiger partial charge in [0.15, 0.2) is 6.54 Å². The highest BCUT2D eigenvalue weighted by atomic mass is 16.2. The predicted octanol–water partition coefficient (Wildman–Crippen LogP) is 0.821. The Balaban J connectivity index is 1.58. The molecule has 0 aromatic carbocycles. The maximum absolute atomic E-state index is 12.0. The maximum atomic E-state index is 12.0. The molecule has 3 heteroatoms. The number of amides is 1. The lowest BCUT2D eigenvalue weighted by Gasteiger charge is -2.56. The monoisotopic (exact) mass is 249 g/mol. The Morgan fingerprint density at radius 3 is 2.28 bits per heavy atom. The van der Waals surface area contributed by atoms with Gasteiger partial charge in [0.2, 0.25) is 0 Å². The van der Waals surface area contributed by atoms with Crippen LogP contribution in [0.4, 0.5) is 0 Å². The normalized spacial score (nSPS) is 40.8. The van der Waals surface area contributed by atoms with Gasteiger partial charge in [-0.15, -0.1) is 0 Å². The summed E-state index contributed by atoms with van der Waals surface area (Å²) in [5.74, 6) is 2.91. The largest absolute Gasteiger partial charge is 0.346 e. The van der Waals surface area contributed by atoms with Crippen molar-refractivity contribution in [2.24, 2.45) is 17.8 Å². The predicted molar refractivity (Wildman–Crippen MR) is 70.9 cm³/mol. The molecule has 4 fully saturated rings. The van der Waals surface area contributed by atoms with Gasteiger partial charge in [-0.3, -0.25) is 4.79 Å². The molecule has 4 aliphatic rings. The van der Waals surface area contributed by atoms with Crippen molar-refractivity contribution in [2.45, 2.75) is 44.1 Å². The van der Waals surface area contributed by atoms with Crippen LogP contribution in [0.1, 0.15) is 38.5 Å². The highest BCUT2D eigenvalue weighted by molar-refractivity contribution is 5.77. The summed E-state index contributed by atoms with van der Waals surface area (Å²) in [5, 5.41) is 5.40. The molecule has 0 aliphatic heterocycles. The molecule has 4 saturated carbocycles. The van der Waals surface area contributed by atoms with Gasteiger partial charge >= 0.3 is 0 Å². The van der Waals surface area contributed by atoms with Crippen molar-refractivity contribution < 1.29 is 10.1 Å². The van der Waals surface area contributed by atoms with Crippen LogP contribution in [0, 0.1) is 17.8 Å². The average molecular weight is 249 g/mol. The Labute approximate surface area is 109 Å². The minimum absolute atomic E-state index is 0.174. The molecule has 0 saturated heterocycles. The molecule has 0 aromatic heterocycles. The summed E-state index contributed by atoms with van der Waals surface area (Å²) >= 11 is 0. The van der Waals surface area contributed by atoms with Crippen molar-refractivity contribution >= 4 is 5.91 Å². The minimum atomic E-state index is 0.174. The second kappa shape index (κ2) is 4.69. The summed E-state index contributed by atoms with van der Waals surface area (Å²) in [7, 11) is 0. The standard InChI is InChI=1S/C15H24N2O/c1-2-3-16-10-14(18)17-15-7-11-4-12(8-15)6-13(5-11)9-15/h2,11-13,16H,1,3-10H2,(H,17,18)/p+1. The average Bonchev–Trinajstić information content (AvgIpc) is 2.26. The van der Waals surface area contributed by atoms with Gasteiger partial charge in [-0.1, -0.05) is 6.58 Å². The van der Waals surface area contributed by atoms with Crippen molar-refractivity contribution in [2.75, 3.05) is 13.1 Å². The summed E-state index contributed by atoms with van der Waals surface area (Å²) in [6, 6.07) is 0. The Bertz CT molecular complexity index is 315. The molecule has 0 heterocycles. The van der Waals surface area contributed by atoms with Gasteiger partial charge in [0.05, 0.1) is 6.54 Å². The van der Waals surface area contributed by atoms with Gasteiger partial charge in [0.1, 0.15) is 0 Å². The zero-order valence-corrected chi connectivity index (χ0v) is 11.2. The van der Waals surface area contributed by atoms with E-state index in [0.29, 0.717) is 6.54 Å². The van der Waals surface area contributed by atoms with E-state index in [4.69, 9.17) is 0 Å². The first-order chi connectivity index (χ1) is 8.69. The molecular weight excluding hydrogens is 224 g/mol. The molecule has 0 unspecified atom stereocenters. The second-order valence-electron chi connectivity index (χ2n) is 6.76. The van der Waals surface area contributed by atoms with E-state index in [1.165, 1.54) is 38.5 Å². The fraction of sp³-hybridized carbons (Fsp3) is 0.800. The Morgan fingerprint density at radius 1 is 1.22 bits per heavy atom. The van der Waals surface area contributed by atoms with E-state index in [2.05, 4.69) is 11.9 Å². The third-order valence-corrected chi connectivity index (χ3v) is 5.11. The van der Waals surface area contributed by atoms with Gasteiger partial charge in [0.25, 0.3) is 5.91 Å². The fourth-order valence-corrected chi connectivity index (χ4v) is 4.94. The minimum Gasteiger partial charge on any atom is -0.346 e. The first-order valence-electron chi connectivity index (χ1n) is 7.43. The molecule has 3 N–H and O–H groups in total. The van der Waals surface area contributed by atoms with E-state index in [1.807, 2.05) is 11.4 Å². The van der Waals surface area contributed by atoms with Crippen LogP contribution in [0.25, 0.3) is 0 Å². The van der Waals surface area contributed by atoms with Crippen LogP contribution >= 0.6 is 0 Å². The van der Waals surface area contributed by atoms with E-state index in [-0.39, 0.29) is 11.4 Å². The van der Waals surface area contributed by atoms with Crippen LogP contribution in [0.3, 0.4) is 0 Å². The molecular formula is C15H25N2O+. The van der Waals surface area contributed by atoms with Crippen molar-refractivity contribution in [1.29, 1.82) is 0 Å². The number of rotatable bonds is 5. The quantitative estimate of drug-likeness (QED) is 0.550. The number of carbonyl (C=O) groups excluding carboxylic acids is 1. The molecule has 4 aliphatic carbocycles. The fourth-order valence-electron chi connectivity index (χ4n) is 4.94. The number of hydrogen-bond acceptors (Lipinski definition) is 1. The summed E-state index contributed by atoms with van der Waals surface area (Å²) in [4.78, 5) is 12.0. The molecule has 100 valence electrons. The zero-order chi connectivity index (χ0) is 12.6. The van der Waals surface area contributed by atoms with E-state index < -0.39 is 0 Å². The third kappa shape index (κ3) is 2.33. The van der Waals surface area contributed by atoms with Crippen LogP contribution in [0.2, 0.25) is 0 Å². The third-order valence-electron chi connectivity index (χ3n) is 5.11. The molecule has 0 radical (unpaired) electrons. The SMILES string of the molecule is C=CC[NH2+]CC(=O)NC12CC3CC(CC(C3)C1)C2. The van der Waals surface area contributed by atoms with Crippen molar-refractivity contribution in [1.82, 2.24) is 5.32 Å². The number of carbonyl (C=O) groups is 1. The molecule has 0 aromatic rings. The lowest BCUT2D eigenvalue weighted by atomic mass is 9.53. The summed E-state index contributed by atoms with van der Waals surface area (Å²) in [6.45, 7) is 5.05. The summed E-state index contributed by atoms with van der Waals surface area (Å²) < 4.78 is 0. The Morgan fingerprint density at radius 2 is 1.78 bits per heavy atom. The highest BCUT2D eigenvalue weighted by Gasteiger charge is 2.51. The highest BCUT2D eigenvalue weighted by Crippen LogP contribution is 2.55. The van der Waals surface area contributed by atoms with Crippen molar-refractivity contribution in [3.63, 3.8) is 0 Å². The van der Waals surface area contributed by atoms with Crippen molar-refractivity contribution in [3.05, 3.63) is 12.7 Å². The number of quaternary nitrogens is 1. The Hall–Kier alpha value is -0.830. The van der Waals surface area contributed by atoms with Gasteiger partial charge in [-0.2, -0.15) is 0 Å². The molecule has 18 heavy (non-hydrogen) atoms. The van der Waals surface area contributed by atoms with Gasteiger partial charge in [0, 0.05) is 5.54 Å². The topological polar surface area (TPSA) is 45.7 Å². The van der Waals surface area contributed by atoms with Crippen LogP contribution in [0.5, 0.6) is 0 Å². The lowest BCUT2D eigenvalue weighted by molar-refractivity contribution is -0.635. The summed E-state index contributed by atoms with van der Waals surface area (Å²) in [6.07, 6.45) is 9.86. The molecule has 1 amide bonds. The van der Waals surface area contributed by atoms with E-state index in [1.54, 1.807) is 0 Å².